The Balaban J connectivity index is 1.46. The zero-order valence-corrected chi connectivity index (χ0v) is 17.8. The van der Waals surface area contributed by atoms with Gasteiger partial charge in [-0.25, -0.2) is 0 Å². The lowest BCUT2D eigenvalue weighted by Gasteiger charge is -2.32. The van der Waals surface area contributed by atoms with Crippen molar-refractivity contribution in [3.63, 3.8) is 0 Å². The first-order chi connectivity index (χ1) is 15.8. The van der Waals surface area contributed by atoms with Gasteiger partial charge in [-0.2, -0.15) is 13.2 Å². The fourth-order valence-corrected chi connectivity index (χ4v) is 3.79. The minimum Gasteiger partial charge on any atom is -0.495 e. The molecule has 2 aromatic heterocycles. The molecule has 0 spiro atoms. The summed E-state index contributed by atoms with van der Waals surface area (Å²) in [6.45, 7) is 1.09. The lowest BCUT2D eigenvalue weighted by Crippen LogP contribution is -2.41. The van der Waals surface area contributed by atoms with Crippen molar-refractivity contribution >= 4 is 17.4 Å². The molecule has 1 amide bonds. The highest BCUT2D eigenvalue weighted by Gasteiger charge is 2.32. The van der Waals surface area contributed by atoms with Crippen LogP contribution >= 0.6 is 0 Å². The van der Waals surface area contributed by atoms with Crippen LogP contribution in [0, 0.1) is 5.92 Å². The lowest BCUT2D eigenvalue weighted by molar-refractivity contribution is -0.137. The number of anilines is 2. The zero-order chi connectivity index (χ0) is 23.4. The highest BCUT2D eigenvalue weighted by atomic mass is 19.4. The average Bonchev–Trinajstić information content (AvgIpc) is 2.84. The van der Waals surface area contributed by atoms with Crippen LogP contribution in [0.25, 0.3) is 11.3 Å². The van der Waals surface area contributed by atoms with Gasteiger partial charge in [0.05, 0.1) is 30.0 Å². The third-order valence-corrected chi connectivity index (χ3v) is 5.53. The molecule has 1 fully saturated rings. The maximum absolute atomic E-state index is 13.1. The molecule has 0 bridgehead atoms. The van der Waals surface area contributed by atoms with E-state index in [1.54, 1.807) is 12.4 Å². The van der Waals surface area contributed by atoms with Crippen molar-refractivity contribution in [1.82, 2.24) is 15.2 Å². The molecule has 1 aliphatic heterocycles. The number of nitrogens with one attached hydrogen (secondary N) is 1. The molecule has 3 aromatic rings. The monoisotopic (exact) mass is 457 g/mol. The van der Waals surface area contributed by atoms with Gasteiger partial charge in [0.25, 0.3) is 0 Å². The number of halogens is 3. The molecule has 1 atom stereocenters. The second-order valence-corrected chi connectivity index (χ2v) is 7.70. The number of aromatic nitrogens is 3. The molecule has 0 saturated carbocycles. The summed E-state index contributed by atoms with van der Waals surface area (Å²) in [4.78, 5) is 18.8. The molecular formula is C23H22F3N5O2. The number of rotatable bonds is 5. The Labute approximate surface area is 188 Å². The molecule has 33 heavy (non-hydrogen) atoms. The van der Waals surface area contributed by atoms with Gasteiger partial charge in [0.15, 0.2) is 5.82 Å². The normalized spacial score (nSPS) is 16.4. The van der Waals surface area contributed by atoms with E-state index in [-0.39, 0.29) is 17.3 Å². The number of pyridine rings is 1. The second-order valence-electron chi connectivity index (χ2n) is 7.70. The number of alkyl halides is 3. The van der Waals surface area contributed by atoms with Gasteiger partial charge in [-0.15, -0.1) is 10.2 Å². The molecule has 10 heteroatoms. The molecular weight excluding hydrogens is 435 g/mol. The third-order valence-electron chi connectivity index (χ3n) is 5.53. The van der Waals surface area contributed by atoms with Gasteiger partial charge < -0.3 is 15.0 Å². The molecule has 0 radical (unpaired) electrons. The number of carbonyl (C=O) groups excluding carboxylic acids is 1. The van der Waals surface area contributed by atoms with Crippen LogP contribution in [0.1, 0.15) is 18.4 Å². The van der Waals surface area contributed by atoms with Crippen LogP contribution in [0.15, 0.2) is 54.9 Å². The second kappa shape index (κ2) is 9.43. The Morgan fingerprint density at radius 1 is 1.12 bits per heavy atom. The molecule has 1 N–H and O–H groups in total. The number of benzene rings is 1. The molecule has 1 unspecified atom stereocenters. The summed E-state index contributed by atoms with van der Waals surface area (Å²) in [6, 6.07) is 10.4. The van der Waals surface area contributed by atoms with Crippen molar-refractivity contribution in [1.29, 1.82) is 0 Å². The number of amides is 1. The minimum atomic E-state index is -4.52. The summed E-state index contributed by atoms with van der Waals surface area (Å²) in [6.07, 6.45) is 0.197. The number of hydrogen-bond donors (Lipinski definition) is 1. The SMILES string of the molecule is COc1ccc(C(F)(F)F)cc1NC(=O)C1CCCN(c2ccc(-c3ccncc3)nn2)C1. The van der Waals surface area contributed by atoms with Gasteiger partial charge in [0.2, 0.25) is 5.91 Å². The maximum Gasteiger partial charge on any atom is 0.416 e. The molecule has 172 valence electrons. The quantitative estimate of drug-likeness (QED) is 0.611. The Morgan fingerprint density at radius 3 is 2.58 bits per heavy atom. The Hall–Kier alpha value is -3.69. The fourth-order valence-electron chi connectivity index (χ4n) is 3.79. The zero-order valence-electron chi connectivity index (χ0n) is 17.8. The number of piperidine rings is 1. The van der Waals surface area contributed by atoms with E-state index in [2.05, 4.69) is 20.5 Å². The average molecular weight is 457 g/mol. The highest BCUT2D eigenvalue weighted by Crippen LogP contribution is 2.35. The van der Waals surface area contributed by atoms with Crippen LogP contribution in [-0.2, 0) is 11.0 Å². The van der Waals surface area contributed by atoms with Crippen molar-refractivity contribution in [2.24, 2.45) is 5.92 Å². The lowest BCUT2D eigenvalue weighted by atomic mass is 9.97. The Morgan fingerprint density at radius 2 is 1.91 bits per heavy atom. The van der Waals surface area contributed by atoms with E-state index in [1.165, 1.54) is 13.2 Å². The first-order valence-electron chi connectivity index (χ1n) is 10.4. The maximum atomic E-state index is 13.1. The van der Waals surface area contributed by atoms with Gasteiger partial charge in [-0.3, -0.25) is 9.78 Å². The minimum absolute atomic E-state index is 0.00376. The van der Waals surface area contributed by atoms with Gasteiger partial charge in [0, 0.05) is 31.0 Å². The molecule has 0 aliphatic carbocycles. The first kappa shape index (κ1) is 22.5. The van der Waals surface area contributed by atoms with Crippen LogP contribution in [0.4, 0.5) is 24.7 Å². The van der Waals surface area contributed by atoms with Gasteiger partial charge in [0.1, 0.15) is 5.75 Å². The molecule has 3 heterocycles. The molecule has 1 saturated heterocycles. The summed E-state index contributed by atoms with van der Waals surface area (Å²) in [7, 11) is 1.34. The van der Waals surface area contributed by atoms with Crippen molar-refractivity contribution in [2.75, 3.05) is 30.4 Å². The smallest absolute Gasteiger partial charge is 0.416 e. The highest BCUT2D eigenvalue weighted by molar-refractivity contribution is 5.94. The largest absolute Gasteiger partial charge is 0.495 e. The number of carbonyl (C=O) groups is 1. The number of ether oxygens (including phenoxy) is 1. The van der Waals surface area contributed by atoms with Gasteiger partial charge in [-0.1, -0.05) is 0 Å². The fraction of sp³-hybridized carbons (Fsp3) is 0.304. The van der Waals surface area contributed by atoms with Crippen molar-refractivity contribution in [3.8, 4) is 17.0 Å². The van der Waals surface area contributed by atoms with Crippen LogP contribution in [0.2, 0.25) is 0 Å². The summed E-state index contributed by atoms with van der Waals surface area (Å²) in [5.41, 5.74) is 0.753. The Bertz CT molecular complexity index is 1110. The predicted octanol–water partition coefficient (Wildman–Crippen LogP) is 4.42. The molecule has 7 nitrogen and oxygen atoms in total. The standard InChI is InChI=1S/C23H22F3N5O2/c1-33-20-6-4-17(23(24,25)26)13-19(20)28-22(32)16-3-2-12-31(14-16)21-7-5-18(29-30-21)15-8-10-27-11-9-15/h4-11,13,16H,2-3,12,14H2,1H3,(H,28,32). The summed E-state index contributed by atoms with van der Waals surface area (Å²) < 4.78 is 44.4. The van der Waals surface area contributed by atoms with Crippen molar-refractivity contribution in [3.05, 3.63) is 60.4 Å². The van der Waals surface area contributed by atoms with Crippen LogP contribution in [0.5, 0.6) is 5.75 Å². The van der Waals surface area contributed by atoms with E-state index < -0.39 is 17.7 Å². The van der Waals surface area contributed by atoms with Gasteiger partial charge in [-0.05, 0) is 55.3 Å². The molecule has 1 aliphatic rings. The van der Waals surface area contributed by atoms with E-state index in [9.17, 15) is 18.0 Å². The predicted molar refractivity (Wildman–Crippen MR) is 117 cm³/mol. The van der Waals surface area contributed by atoms with Crippen LogP contribution in [-0.4, -0.2) is 41.3 Å². The third kappa shape index (κ3) is 5.21. The Kier molecular flexibility index (Phi) is 6.43. The van der Waals surface area contributed by atoms with Crippen LogP contribution < -0.4 is 15.0 Å². The van der Waals surface area contributed by atoms with Crippen molar-refractivity contribution < 1.29 is 22.7 Å². The van der Waals surface area contributed by atoms with Gasteiger partial charge >= 0.3 is 6.18 Å². The number of methoxy groups -OCH3 is 1. The first-order valence-corrected chi connectivity index (χ1v) is 10.4. The number of nitrogens with zero attached hydrogens (tertiary/aromatic N) is 4. The van der Waals surface area contributed by atoms with E-state index in [4.69, 9.17) is 4.74 Å². The summed E-state index contributed by atoms with van der Waals surface area (Å²) >= 11 is 0. The molecule has 1 aromatic carbocycles. The van der Waals surface area contributed by atoms with Crippen molar-refractivity contribution in [2.45, 2.75) is 19.0 Å². The molecule has 4 rings (SSSR count). The van der Waals surface area contributed by atoms with E-state index in [0.29, 0.717) is 31.0 Å². The number of hydrogen-bond acceptors (Lipinski definition) is 6. The van der Waals surface area contributed by atoms with E-state index in [0.717, 1.165) is 24.1 Å². The summed E-state index contributed by atoms with van der Waals surface area (Å²) in [5, 5.41) is 11.2. The summed E-state index contributed by atoms with van der Waals surface area (Å²) in [5.74, 6) is 0.0295. The van der Waals surface area contributed by atoms with Crippen LogP contribution in [0.3, 0.4) is 0 Å². The topological polar surface area (TPSA) is 80.2 Å². The van der Waals surface area contributed by atoms with E-state index >= 15 is 0 Å². The van der Waals surface area contributed by atoms with E-state index in [1.807, 2.05) is 29.2 Å².